The maximum absolute atomic E-state index is 13.0. The molecule has 31 heavy (non-hydrogen) atoms. The Labute approximate surface area is 180 Å². The third-order valence-corrected chi connectivity index (χ3v) is 4.73. The number of halogens is 3. The van der Waals surface area contributed by atoms with Crippen molar-refractivity contribution in [1.82, 2.24) is 0 Å². The van der Waals surface area contributed by atoms with Gasteiger partial charge in [-0.05, 0) is 42.3 Å². The molecule has 0 aliphatic rings. The minimum atomic E-state index is -4.36. The number of rotatable bonds is 9. The number of anilines is 2. The van der Waals surface area contributed by atoms with Gasteiger partial charge in [0.15, 0.2) is 11.5 Å². The number of hydrogen-bond donors (Lipinski definition) is 2. The van der Waals surface area contributed by atoms with Gasteiger partial charge in [0.05, 0.1) is 12.7 Å². The maximum atomic E-state index is 13.0. The van der Waals surface area contributed by atoms with Gasteiger partial charge in [-0.15, -0.1) is 0 Å². The molecule has 7 heteroatoms. The van der Waals surface area contributed by atoms with Crippen LogP contribution in [0.25, 0.3) is 0 Å². The zero-order valence-electron chi connectivity index (χ0n) is 17.4. The summed E-state index contributed by atoms with van der Waals surface area (Å²) in [6, 6.07) is 19.6. The monoisotopic (exact) mass is 430 g/mol. The number of ether oxygens (including phenoxy) is 2. The van der Waals surface area contributed by atoms with E-state index < -0.39 is 11.7 Å². The Kier molecular flexibility index (Phi) is 7.28. The highest BCUT2D eigenvalue weighted by Crippen LogP contribution is 2.33. The first-order valence-corrected chi connectivity index (χ1v) is 9.87. The number of methoxy groups -OCH3 is 1. The van der Waals surface area contributed by atoms with Crippen molar-refractivity contribution in [3.8, 4) is 11.5 Å². The van der Waals surface area contributed by atoms with Crippen molar-refractivity contribution in [3.05, 3.63) is 83.4 Å². The standard InChI is InChI=1S/C24H25F3N2O2/c1-17-8-9-19(14-21(17)24(25,26)27)28-12-13-29-20-10-11-22(30-2)23(15-20)31-16-18-6-4-3-5-7-18/h3-11,14-15,28-29H,12-13,16H2,1-2H3. The van der Waals surface area contributed by atoms with Gasteiger partial charge in [-0.2, -0.15) is 13.2 Å². The van der Waals surface area contributed by atoms with Crippen LogP contribution in [-0.4, -0.2) is 20.2 Å². The van der Waals surface area contributed by atoms with E-state index in [-0.39, 0.29) is 5.56 Å². The highest BCUT2D eigenvalue weighted by atomic mass is 19.4. The molecule has 3 rings (SSSR count). The van der Waals surface area contributed by atoms with Crippen LogP contribution in [0.4, 0.5) is 24.5 Å². The van der Waals surface area contributed by atoms with E-state index in [1.54, 1.807) is 13.2 Å². The van der Waals surface area contributed by atoms with E-state index in [1.807, 2.05) is 48.5 Å². The molecule has 0 radical (unpaired) electrons. The number of aryl methyl sites for hydroxylation is 1. The van der Waals surface area contributed by atoms with Gasteiger partial charge in [0.1, 0.15) is 6.61 Å². The van der Waals surface area contributed by atoms with Gasteiger partial charge in [0.25, 0.3) is 0 Å². The molecule has 0 unspecified atom stereocenters. The molecule has 0 fully saturated rings. The van der Waals surface area contributed by atoms with Crippen molar-refractivity contribution in [2.24, 2.45) is 0 Å². The number of nitrogens with one attached hydrogen (secondary N) is 2. The summed E-state index contributed by atoms with van der Waals surface area (Å²) in [6.07, 6.45) is -4.36. The number of alkyl halides is 3. The molecule has 0 aliphatic carbocycles. The number of benzene rings is 3. The van der Waals surface area contributed by atoms with Crippen LogP contribution in [-0.2, 0) is 12.8 Å². The van der Waals surface area contributed by atoms with Gasteiger partial charge in [-0.1, -0.05) is 36.4 Å². The molecule has 0 spiro atoms. The molecule has 0 heterocycles. The van der Waals surface area contributed by atoms with Gasteiger partial charge in [0, 0.05) is 30.5 Å². The quantitative estimate of drug-likeness (QED) is 0.401. The molecular weight excluding hydrogens is 405 g/mol. The fourth-order valence-corrected chi connectivity index (χ4v) is 3.09. The topological polar surface area (TPSA) is 42.5 Å². The van der Waals surface area contributed by atoms with E-state index in [2.05, 4.69) is 10.6 Å². The molecule has 3 aromatic carbocycles. The Morgan fingerprint density at radius 1 is 0.806 bits per heavy atom. The van der Waals surface area contributed by atoms with Crippen LogP contribution in [0.1, 0.15) is 16.7 Å². The van der Waals surface area contributed by atoms with Crippen molar-refractivity contribution in [2.45, 2.75) is 19.7 Å². The van der Waals surface area contributed by atoms with Crippen LogP contribution >= 0.6 is 0 Å². The van der Waals surface area contributed by atoms with Crippen LogP contribution in [0, 0.1) is 6.92 Å². The van der Waals surface area contributed by atoms with E-state index >= 15 is 0 Å². The lowest BCUT2D eigenvalue weighted by Crippen LogP contribution is -2.15. The first kappa shape index (κ1) is 22.3. The molecule has 0 saturated heterocycles. The van der Waals surface area contributed by atoms with Crippen LogP contribution in [0.3, 0.4) is 0 Å². The Balaban J connectivity index is 1.56. The van der Waals surface area contributed by atoms with Crippen molar-refractivity contribution in [2.75, 3.05) is 30.8 Å². The van der Waals surface area contributed by atoms with Gasteiger partial charge >= 0.3 is 6.18 Å². The predicted octanol–water partition coefficient (Wildman–Crippen LogP) is 6.13. The molecular formula is C24H25F3N2O2. The number of hydrogen-bond acceptors (Lipinski definition) is 4. The average Bonchev–Trinajstić information content (AvgIpc) is 2.76. The molecule has 0 aliphatic heterocycles. The van der Waals surface area contributed by atoms with E-state index in [0.717, 1.165) is 17.3 Å². The Morgan fingerprint density at radius 3 is 2.10 bits per heavy atom. The second-order valence-corrected chi connectivity index (χ2v) is 7.02. The molecule has 3 aromatic rings. The molecule has 0 amide bonds. The van der Waals surface area contributed by atoms with Gasteiger partial charge in [0.2, 0.25) is 0 Å². The van der Waals surface area contributed by atoms with E-state index in [0.29, 0.717) is 36.9 Å². The fourth-order valence-electron chi connectivity index (χ4n) is 3.09. The largest absolute Gasteiger partial charge is 0.493 e. The van der Waals surface area contributed by atoms with E-state index in [4.69, 9.17) is 9.47 Å². The molecule has 0 bridgehead atoms. The SMILES string of the molecule is COc1ccc(NCCNc2ccc(C)c(C(F)(F)F)c2)cc1OCc1ccccc1. The minimum Gasteiger partial charge on any atom is -0.493 e. The Bertz CT molecular complexity index is 992. The highest BCUT2D eigenvalue weighted by molar-refractivity contribution is 5.55. The van der Waals surface area contributed by atoms with Crippen LogP contribution in [0.2, 0.25) is 0 Å². The molecule has 2 N–H and O–H groups in total. The first-order valence-electron chi connectivity index (χ1n) is 9.87. The average molecular weight is 430 g/mol. The van der Waals surface area contributed by atoms with Crippen molar-refractivity contribution in [3.63, 3.8) is 0 Å². The van der Waals surface area contributed by atoms with E-state index in [9.17, 15) is 13.2 Å². The van der Waals surface area contributed by atoms with Crippen molar-refractivity contribution >= 4 is 11.4 Å². The van der Waals surface area contributed by atoms with Gasteiger partial charge in [-0.3, -0.25) is 0 Å². The Hall–Kier alpha value is -3.35. The highest BCUT2D eigenvalue weighted by Gasteiger charge is 2.32. The summed E-state index contributed by atoms with van der Waals surface area (Å²) in [4.78, 5) is 0. The molecule has 4 nitrogen and oxygen atoms in total. The molecule has 0 aromatic heterocycles. The smallest absolute Gasteiger partial charge is 0.416 e. The fraction of sp³-hybridized carbons (Fsp3) is 0.250. The predicted molar refractivity (Wildman–Crippen MR) is 117 cm³/mol. The Morgan fingerprint density at radius 2 is 1.45 bits per heavy atom. The second kappa shape index (κ2) is 10.1. The van der Waals surface area contributed by atoms with Crippen molar-refractivity contribution < 1.29 is 22.6 Å². The van der Waals surface area contributed by atoms with Crippen LogP contribution in [0.15, 0.2) is 66.7 Å². The lowest BCUT2D eigenvalue weighted by Gasteiger charge is -2.15. The summed E-state index contributed by atoms with van der Waals surface area (Å²) in [5.41, 5.74) is 1.88. The second-order valence-electron chi connectivity index (χ2n) is 7.02. The van der Waals surface area contributed by atoms with Crippen LogP contribution in [0.5, 0.6) is 11.5 Å². The summed E-state index contributed by atoms with van der Waals surface area (Å²) in [5.74, 6) is 1.23. The molecule has 0 saturated carbocycles. The zero-order chi connectivity index (χ0) is 22.3. The summed E-state index contributed by atoms with van der Waals surface area (Å²) in [7, 11) is 1.58. The summed E-state index contributed by atoms with van der Waals surface area (Å²) in [5, 5.41) is 6.26. The lowest BCUT2D eigenvalue weighted by atomic mass is 10.1. The van der Waals surface area contributed by atoms with Crippen molar-refractivity contribution in [1.29, 1.82) is 0 Å². The molecule has 0 atom stereocenters. The zero-order valence-corrected chi connectivity index (χ0v) is 17.4. The van der Waals surface area contributed by atoms with Crippen LogP contribution < -0.4 is 20.1 Å². The van der Waals surface area contributed by atoms with Gasteiger partial charge in [-0.25, -0.2) is 0 Å². The first-order chi connectivity index (χ1) is 14.9. The maximum Gasteiger partial charge on any atom is 0.416 e. The summed E-state index contributed by atoms with van der Waals surface area (Å²) >= 11 is 0. The third kappa shape index (κ3) is 6.31. The van der Waals surface area contributed by atoms with Gasteiger partial charge < -0.3 is 20.1 Å². The normalized spacial score (nSPS) is 11.1. The summed E-state index contributed by atoms with van der Waals surface area (Å²) < 4.78 is 50.4. The van der Waals surface area contributed by atoms with E-state index in [1.165, 1.54) is 13.0 Å². The minimum absolute atomic E-state index is 0.206. The lowest BCUT2D eigenvalue weighted by molar-refractivity contribution is -0.138. The summed E-state index contributed by atoms with van der Waals surface area (Å²) in [6.45, 7) is 2.83. The third-order valence-electron chi connectivity index (χ3n) is 4.73. The molecule has 164 valence electrons.